The van der Waals surface area contributed by atoms with Crippen LogP contribution in [0.5, 0.6) is 0 Å². The standard InChI is InChI=1S/C5H3O3/c1-3-4(6)2-5(7)8-3/h1H,2H2. The van der Waals surface area contributed by atoms with Crippen molar-refractivity contribution >= 4 is 11.8 Å². The molecule has 8 heavy (non-hydrogen) atoms. The fraction of sp³-hybridized carbons (Fsp3) is 0.200. The van der Waals surface area contributed by atoms with Crippen molar-refractivity contribution in [1.82, 2.24) is 0 Å². The topological polar surface area (TPSA) is 43.4 Å². The molecule has 0 unspecified atom stereocenters. The molecule has 0 aromatic carbocycles. The monoisotopic (exact) mass is 111 g/mol. The summed E-state index contributed by atoms with van der Waals surface area (Å²) >= 11 is 0. The van der Waals surface area contributed by atoms with E-state index in [2.05, 4.69) is 4.74 Å². The molecular formula is C5H3O3. The van der Waals surface area contributed by atoms with Crippen LogP contribution in [0.2, 0.25) is 0 Å². The largest absolute Gasteiger partial charge is 0.422 e. The quantitative estimate of drug-likeness (QED) is 0.247. The maximum atomic E-state index is 10.3. The van der Waals surface area contributed by atoms with Gasteiger partial charge in [0.1, 0.15) is 6.42 Å². The molecular weight excluding hydrogens is 108 g/mol. The van der Waals surface area contributed by atoms with E-state index in [1.54, 1.807) is 0 Å². The first-order valence-electron chi connectivity index (χ1n) is 2.06. The summed E-state index contributed by atoms with van der Waals surface area (Å²) in [6.45, 7) is 4.89. The Kier molecular flexibility index (Phi) is 0.901. The zero-order chi connectivity index (χ0) is 6.15. The van der Waals surface area contributed by atoms with Gasteiger partial charge in [0.05, 0.1) is 0 Å². The molecule has 1 aliphatic rings. The maximum Gasteiger partial charge on any atom is 0.319 e. The molecule has 0 aromatic rings. The highest BCUT2D eigenvalue weighted by molar-refractivity contribution is 6.09. The van der Waals surface area contributed by atoms with Crippen LogP contribution >= 0.6 is 0 Å². The highest BCUT2D eigenvalue weighted by atomic mass is 16.5. The van der Waals surface area contributed by atoms with E-state index in [-0.39, 0.29) is 12.2 Å². The smallest absolute Gasteiger partial charge is 0.319 e. The predicted molar refractivity (Wildman–Crippen MR) is 23.5 cm³/mol. The van der Waals surface area contributed by atoms with E-state index in [4.69, 9.17) is 6.58 Å². The van der Waals surface area contributed by atoms with Crippen molar-refractivity contribution in [3.8, 4) is 0 Å². The normalized spacial score (nSPS) is 19.2. The van der Waals surface area contributed by atoms with Gasteiger partial charge in [-0.1, -0.05) is 0 Å². The number of carbonyl (C=O) groups excluding carboxylic acids is 2. The number of hydrogen-bond donors (Lipinski definition) is 0. The third-order valence-electron chi connectivity index (χ3n) is 0.804. The van der Waals surface area contributed by atoms with E-state index in [0.29, 0.717) is 0 Å². The van der Waals surface area contributed by atoms with Crippen LogP contribution in [0.15, 0.2) is 5.76 Å². The molecule has 1 fully saturated rings. The summed E-state index contributed by atoms with van der Waals surface area (Å²) in [5.74, 6) is -1.27. The number of rotatable bonds is 0. The Labute approximate surface area is 45.9 Å². The Bertz CT molecular complexity index is 151. The SMILES string of the molecule is [CH]=C1OC(=O)CC1=O. The predicted octanol–water partition coefficient (Wildman–Crippen LogP) is -0.181. The number of Topliss-reactive ketones (excluding diaryl/α,β-unsaturated/α-hetero) is 1. The molecule has 1 radical (unpaired) electrons. The van der Waals surface area contributed by atoms with E-state index in [1.165, 1.54) is 0 Å². The summed E-state index contributed by atoms with van der Waals surface area (Å²) in [7, 11) is 0. The highest BCUT2D eigenvalue weighted by Crippen LogP contribution is 2.09. The number of cyclic esters (lactones) is 1. The lowest BCUT2D eigenvalue weighted by atomic mass is 10.3. The minimum Gasteiger partial charge on any atom is -0.422 e. The molecule has 41 valence electrons. The minimum atomic E-state index is -0.562. The molecule has 1 heterocycles. The summed E-state index contributed by atoms with van der Waals surface area (Å²) < 4.78 is 4.18. The lowest BCUT2D eigenvalue weighted by Gasteiger charge is -1.83. The van der Waals surface area contributed by atoms with Crippen molar-refractivity contribution in [3.05, 3.63) is 12.3 Å². The summed E-state index contributed by atoms with van der Waals surface area (Å²) in [4.78, 5) is 20.4. The van der Waals surface area contributed by atoms with E-state index < -0.39 is 11.8 Å². The molecule has 1 aliphatic heterocycles. The Morgan fingerprint density at radius 2 is 2.12 bits per heavy atom. The molecule has 3 nitrogen and oxygen atoms in total. The lowest BCUT2D eigenvalue weighted by Crippen LogP contribution is -1.90. The maximum absolute atomic E-state index is 10.3. The first-order chi connectivity index (χ1) is 3.70. The Balaban J connectivity index is 2.79. The van der Waals surface area contributed by atoms with Gasteiger partial charge in [0, 0.05) is 0 Å². The van der Waals surface area contributed by atoms with Crippen molar-refractivity contribution < 1.29 is 14.3 Å². The van der Waals surface area contributed by atoms with Gasteiger partial charge in [0.15, 0.2) is 5.76 Å². The highest BCUT2D eigenvalue weighted by Gasteiger charge is 2.24. The number of ether oxygens (including phenoxy) is 1. The van der Waals surface area contributed by atoms with Crippen LogP contribution in [0, 0.1) is 6.58 Å². The summed E-state index contributed by atoms with van der Waals surface area (Å²) in [6, 6.07) is 0. The van der Waals surface area contributed by atoms with Crippen molar-refractivity contribution in [2.75, 3.05) is 0 Å². The van der Waals surface area contributed by atoms with E-state index >= 15 is 0 Å². The number of hydrogen-bond acceptors (Lipinski definition) is 3. The van der Waals surface area contributed by atoms with Gasteiger partial charge in [-0.25, -0.2) is 0 Å². The van der Waals surface area contributed by atoms with Gasteiger partial charge in [-0.2, -0.15) is 0 Å². The van der Waals surface area contributed by atoms with Gasteiger partial charge in [0.25, 0.3) is 0 Å². The lowest BCUT2D eigenvalue weighted by molar-refractivity contribution is -0.135. The van der Waals surface area contributed by atoms with Crippen LogP contribution < -0.4 is 0 Å². The molecule has 1 saturated heterocycles. The molecule has 0 bridgehead atoms. The minimum absolute atomic E-state index is 0.203. The van der Waals surface area contributed by atoms with Crippen molar-refractivity contribution in [2.24, 2.45) is 0 Å². The van der Waals surface area contributed by atoms with Crippen molar-refractivity contribution in [3.63, 3.8) is 0 Å². The molecule has 0 aromatic heterocycles. The van der Waals surface area contributed by atoms with E-state index in [9.17, 15) is 9.59 Å². The Hall–Kier alpha value is -1.12. The van der Waals surface area contributed by atoms with Gasteiger partial charge < -0.3 is 4.74 Å². The van der Waals surface area contributed by atoms with Crippen molar-refractivity contribution in [1.29, 1.82) is 0 Å². The molecule has 0 N–H and O–H groups in total. The third-order valence-corrected chi connectivity index (χ3v) is 0.804. The van der Waals surface area contributed by atoms with Crippen LogP contribution in [0.4, 0.5) is 0 Å². The van der Waals surface area contributed by atoms with E-state index in [0.717, 1.165) is 0 Å². The first kappa shape index (κ1) is 5.03. The van der Waals surface area contributed by atoms with Gasteiger partial charge in [-0.05, 0) is 6.58 Å². The second kappa shape index (κ2) is 1.43. The molecule has 0 amide bonds. The van der Waals surface area contributed by atoms with Crippen LogP contribution in [0.3, 0.4) is 0 Å². The van der Waals surface area contributed by atoms with Crippen LogP contribution in [0.1, 0.15) is 6.42 Å². The van der Waals surface area contributed by atoms with Crippen LogP contribution in [0.25, 0.3) is 0 Å². The average molecular weight is 111 g/mol. The van der Waals surface area contributed by atoms with Crippen molar-refractivity contribution in [2.45, 2.75) is 6.42 Å². The Morgan fingerprint density at radius 3 is 2.25 bits per heavy atom. The zero-order valence-corrected chi connectivity index (χ0v) is 4.01. The van der Waals surface area contributed by atoms with Crippen LogP contribution in [-0.4, -0.2) is 11.8 Å². The van der Waals surface area contributed by atoms with E-state index in [1.807, 2.05) is 0 Å². The number of allylic oxidation sites excluding steroid dienone is 1. The molecule has 0 saturated carbocycles. The van der Waals surface area contributed by atoms with Gasteiger partial charge in [-0.15, -0.1) is 0 Å². The summed E-state index contributed by atoms with van der Waals surface area (Å²) in [5.41, 5.74) is 0. The molecule has 0 spiro atoms. The third kappa shape index (κ3) is 0.621. The fourth-order valence-corrected chi connectivity index (χ4v) is 0.434. The summed E-state index contributed by atoms with van der Waals surface area (Å²) in [6.07, 6.45) is -0.203. The van der Waals surface area contributed by atoms with Gasteiger partial charge in [0.2, 0.25) is 5.78 Å². The van der Waals surface area contributed by atoms with Crippen LogP contribution in [-0.2, 0) is 14.3 Å². The molecule has 1 rings (SSSR count). The number of ketones is 1. The molecule has 0 aliphatic carbocycles. The summed E-state index contributed by atoms with van der Waals surface area (Å²) in [5, 5.41) is 0. The first-order valence-corrected chi connectivity index (χ1v) is 2.06. The number of carbonyl (C=O) groups is 2. The van der Waals surface area contributed by atoms with Gasteiger partial charge in [-0.3, -0.25) is 9.59 Å². The average Bonchev–Trinajstić information content (AvgIpc) is 1.85. The molecule has 3 heteroatoms. The fourth-order valence-electron chi connectivity index (χ4n) is 0.434. The second-order valence-electron chi connectivity index (χ2n) is 1.44. The number of esters is 1. The zero-order valence-electron chi connectivity index (χ0n) is 4.01. The van der Waals surface area contributed by atoms with Gasteiger partial charge >= 0.3 is 5.97 Å². The molecule has 0 atom stereocenters. The second-order valence-corrected chi connectivity index (χ2v) is 1.44. The Morgan fingerprint density at radius 1 is 1.50 bits per heavy atom.